The lowest BCUT2D eigenvalue weighted by Crippen LogP contribution is -2.41. The molecule has 8 heteroatoms. The van der Waals surface area contributed by atoms with E-state index in [2.05, 4.69) is 20.4 Å². The van der Waals surface area contributed by atoms with Gasteiger partial charge in [0.2, 0.25) is 0 Å². The summed E-state index contributed by atoms with van der Waals surface area (Å²) in [4.78, 5) is 29.1. The summed E-state index contributed by atoms with van der Waals surface area (Å²) >= 11 is 0. The van der Waals surface area contributed by atoms with E-state index in [-0.39, 0.29) is 12.5 Å². The van der Waals surface area contributed by atoms with Crippen molar-refractivity contribution in [3.8, 4) is 0 Å². The molecule has 0 saturated carbocycles. The zero-order chi connectivity index (χ0) is 22.2. The van der Waals surface area contributed by atoms with Gasteiger partial charge in [0.05, 0.1) is 0 Å². The maximum atomic E-state index is 12.4. The lowest BCUT2D eigenvalue weighted by atomic mass is 10.1. The van der Waals surface area contributed by atoms with Gasteiger partial charge in [0.15, 0.2) is 12.5 Å². The van der Waals surface area contributed by atoms with Crippen molar-refractivity contribution >= 4 is 23.6 Å². The lowest BCUT2D eigenvalue weighted by Gasteiger charge is -2.31. The Hall–Kier alpha value is -2.32. The first-order valence-corrected chi connectivity index (χ1v) is 11.5. The number of nitrogens with one attached hydrogen (secondary N) is 2. The molecule has 0 aliphatic carbocycles. The van der Waals surface area contributed by atoms with E-state index in [4.69, 9.17) is 9.47 Å². The Morgan fingerprint density at radius 1 is 0.806 bits per heavy atom. The van der Waals surface area contributed by atoms with Gasteiger partial charge in [-0.05, 0) is 64.2 Å². The fourth-order valence-corrected chi connectivity index (χ4v) is 4.14. The third kappa shape index (κ3) is 7.11. The SMILES string of the molecule is Cc1ccc(NC(=O)OC(C)N2CCCCC2)cc1NC(=O)OC(C)N1CCCCC1. The number of amides is 2. The van der Waals surface area contributed by atoms with Gasteiger partial charge >= 0.3 is 12.2 Å². The Morgan fingerprint density at radius 3 is 1.81 bits per heavy atom. The number of hydrogen-bond donors (Lipinski definition) is 2. The van der Waals surface area contributed by atoms with Crippen LogP contribution in [0.25, 0.3) is 0 Å². The average molecular weight is 433 g/mol. The highest BCUT2D eigenvalue weighted by Gasteiger charge is 2.21. The first kappa shape index (κ1) is 23.3. The summed E-state index contributed by atoms with van der Waals surface area (Å²) in [5.41, 5.74) is 2.03. The van der Waals surface area contributed by atoms with E-state index in [1.54, 1.807) is 12.1 Å². The summed E-state index contributed by atoms with van der Waals surface area (Å²) in [7, 11) is 0. The smallest absolute Gasteiger partial charge is 0.413 e. The number of aryl methyl sites for hydroxylation is 1. The van der Waals surface area contributed by atoms with E-state index >= 15 is 0 Å². The molecule has 0 spiro atoms. The number of carbonyl (C=O) groups is 2. The standard InChI is InChI=1S/C23H36N4O4/c1-17-10-11-20(24-22(28)30-18(2)26-12-6-4-7-13-26)16-21(17)25-23(29)31-19(3)27-14-8-5-9-15-27/h10-11,16,18-19H,4-9,12-15H2,1-3H3,(H,24,28)(H,25,29). The van der Waals surface area contributed by atoms with Crippen molar-refractivity contribution in [2.45, 2.75) is 71.8 Å². The highest BCUT2D eigenvalue weighted by atomic mass is 16.6. The van der Waals surface area contributed by atoms with E-state index < -0.39 is 12.2 Å². The molecule has 0 radical (unpaired) electrons. The Kier molecular flexibility index (Phi) is 8.54. The van der Waals surface area contributed by atoms with E-state index in [1.807, 2.05) is 26.8 Å². The van der Waals surface area contributed by atoms with Crippen LogP contribution in [0.5, 0.6) is 0 Å². The van der Waals surface area contributed by atoms with Gasteiger partial charge in [0.1, 0.15) is 0 Å². The number of benzene rings is 1. The van der Waals surface area contributed by atoms with Gasteiger partial charge in [-0.3, -0.25) is 20.4 Å². The summed E-state index contributed by atoms with van der Waals surface area (Å²) in [6.07, 6.45) is 5.45. The summed E-state index contributed by atoms with van der Waals surface area (Å²) in [5.74, 6) is 0. The van der Waals surface area contributed by atoms with E-state index in [0.717, 1.165) is 57.4 Å². The average Bonchev–Trinajstić information content (AvgIpc) is 2.77. The topological polar surface area (TPSA) is 83.1 Å². The number of anilines is 2. The van der Waals surface area contributed by atoms with Gasteiger partial charge in [0, 0.05) is 37.6 Å². The molecule has 2 N–H and O–H groups in total. The Labute approximate surface area is 185 Å². The van der Waals surface area contributed by atoms with E-state index in [0.29, 0.717) is 11.4 Å². The number of hydrogen-bond acceptors (Lipinski definition) is 6. The number of ether oxygens (including phenoxy) is 2. The first-order valence-electron chi connectivity index (χ1n) is 11.5. The van der Waals surface area contributed by atoms with Gasteiger partial charge in [-0.2, -0.15) is 0 Å². The molecule has 0 bridgehead atoms. The Balaban J connectivity index is 1.51. The molecular weight excluding hydrogens is 396 g/mol. The number of nitrogens with zero attached hydrogens (tertiary/aromatic N) is 2. The minimum Gasteiger partial charge on any atom is -0.430 e. The predicted octanol–water partition coefficient (Wildman–Crippen LogP) is 4.76. The van der Waals surface area contributed by atoms with E-state index in [9.17, 15) is 9.59 Å². The second kappa shape index (κ2) is 11.3. The van der Waals surface area contributed by atoms with Crippen molar-refractivity contribution in [2.75, 3.05) is 36.8 Å². The molecule has 172 valence electrons. The molecule has 2 unspecified atom stereocenters. The number of carbonyl (C=O) groups excluding carboxylic acids is 2. The van der Waals surface area contributed by atoms with Crippen molar-refractivity contribution in [3.63, 3.8) is 0 Å². The molecule has 0 aromatic heterocycles. The highest BCUT2D eigenvalue weighted by Crippen LogP contribution is 2.22. The predicted molar refractivity (Wildman–Crippen MR) is 121 cm³/mol. The molecule has 8 nitrogen and oxygen atoms in total. The second-order valence-corrected chi connectivity index (χ2v) is 8.48. The van der Waals surface area contributed by atoms with Crippen LogP contribution >= 0.6 is 0 Å². The normalized spacial score (nSPS) is 19.8. The molecule has 1 aromatic carbocycles. The van der Waals surface area contributed by atoms with Crippen molar-refractivity contribution in [1.82, 2.24) is 9.80 Å². The summed E-state index contributed by atoms with van der Waals surface area (Å²) in [5, 5.41) is 5.56. The van der Waals surface area contributed by atoms with Crippen LogP contribution in [0, 0.1) is 6.92 Å². The molecular formula is C23H36N4O4. The number of rotatable bonds is 6. The number of likely N-dealkylation sites (tertiary alicyclic amines) is 2. The van der Waals surface area contributed by atoms with Crippen molar-refractivity contribution in [1.29, 1.82) is 0 Å². The van der Waals surface area contributed by atoms with Gasteiger partial charge < -0.3 is 9.47 Å². The van der Waals surface area contributed by atoms with Crippen LogP contribution in [0.4, 0.5) is 21.0 Å². The zero-order valence-corrected chi connectivity index (χ0v) is 19.0. The van der Waals surface area contributed by atoms with Crippen LogP contribution in [-0.2, 0) is 9.47 Å². The molecule has 2 heterocycles. The van der Waals surface area contributed by atoms with Crippen molar-refractivity contribution in [2.24, 2.45) is 0 Å². The Morgan fingerprint density at radius 2 is 1.29 bits per heavy atom. The van der Waals surface area contributed by atoms with Crippen LogP contribution < -0.4 is 10.6 Å². The Bertz CT molecular complexity index is 745. The number of piperidine rings is 2. The van der Waals surface area contributed by atoms with Crippen molar-refractivity contribution < 1.29 is 19.1 Å². The molecule has 2 fully saturated rings. The van der Waals surface area contributed by atoms with Crippen LogP contribution in [0.3, 0.4) is 0 Å². The highest BCUT2D eigenvalue weighted by molar-refractivity contribution is 5.89. The maximum absolute atomic E-state index is 12.4. The summed E-state index contributed by atoms with van der Waals surface area (Å²) in [6, 6.07) is 5.34. The molecule has 2 aliphatic heterocycles. The third-order valence-electron chi connectivity index (χ3n) is 6.09. The van der Waals surface area contributed by atoms with Crippen LogP contribution in [0.1, 0.15) is 57.9 Å². The molecule has 2 atom stereocenters. The largest absolute Gasteiger partial charge is 0.430 e. The summed E-state index contributed by atoms with van der Waals surface area (Å²) < 4.78 is 11.1. The fraction of sp³-hybridized carbons (Fsp3) is 0.652. The maximum Gasteiger partial charge on any atom is 0.413 e. The van der Waals surface area contributed by atoms with Gasteiger partial charge in [-0.25, -0.2) is 9.59 Å². The molecule has 31 heavy (non-hydrogen) atoms. The second-order valence-electron chi connectivity index (χ2n) is 8.48. The lowest BCUT2D eigenvalue weighted by molar-refractivity contribution is -0.00497. The quantitative estimate of drug-likeness (QED) is 0.675. The molecule has 2 saturated heterocycles. The van der Waals surface area contributed by atoms with Crippen LogP contribution in [0.2, 0.25) is 0 Å². The molecule has 1 aromatic rings. The molecule has 2 aliphatic rings. The van der Waals surface area contributed by atoms with Crippen LogP contribution in [-0.4, -0.2) is 60.6 Å². The molecule has 3 rings (SSSR count). The monoisotopic (exact) mass is 432 g/mol. The third-order valence-corrected chi connectivity index (χ3v) is 6.09. The van der Waals surface area contributed by atoms with Crippen LogP contribution in [0.15, 0.2) is 18.2 Å². The molecule has 2 amide bonds. The first-order chi connectivity index (χ1) is 14.9. The fourth-order valence-electron chi connectivity index (χ4n) is 4.14. The van der Waals surface area contributed by atoms with Gasteiger partial charge in [-0.15, -0.1) is 0 Å². The summed E-state index contributed by atoms with van der Waals surface area (Å²) in [6.45, 7) is 9.48. The van der Waals surface area contributed by atoms with Crippen molar-refractivity contribution in [3.05, 3.63) is 23.8 Å². The van der Waals surface area contributed by atoms with Gasteiger partial charge in [-0.1, -0.05) is 18.9 Å². The minimum atomic E-state index is -0.505. The van der Waals surface area contributed by atoms with Gasteiger partial charge in [0.25, 0.3) is 0 Å². The minimum absolute atomic E-state index is 0.269. The van der Waals surface area contributed by atoms with E-state index in [1.165, 1.54) is 12.8 Å². The zero-order valence-electron chi connectivity index (χ0n) is 19.0.